The number of ether oxygens (including phenoxy) is 1. The number of benzene rings is 1. The van der Waals surface area contributed by atoms with Crippen molar-refractivity contribution < 1.29 is 9.53 Å². The van der Waals surface area contributed by atoms with E-state index >= 15 is 0 Å². The monoisotopic (exact) mass is 418 g/mol. The highest BCUT2D eigenvalue weighted by Crippen LogP contribution is 2.25. The summed E-state index contributed by atoms with van der Waals surface area (Å²) in [4.78, 5) is 24.0. The lowest BCUT2D eigenvalue weighted by Crippen LogP contribution is -2.42. The van der Waals surface area contributed by atoms with E-state index in [4.69, 9.17) is 4.74 Å². The first kappa shape index (κ1) is 18.6. The Morgan fingerprint density at radius 2 is 2.10 bits per heavy atom. The van der Waals surface area contributed by atoms with Crippen LogP contribution in [0.2, 0.25) is 0 Å². The average molecular weight is 418 g/mol. The summed E-state index contributed by atoms with van der Waals surface area (Å²) in [5.41, 5.74) is 2.88. The number of hydrogen-bond donors (Lipinski definition) is 1. The predicted octanol–water partition coefficient (Wildman–Crippen LogP) is 3.44. The Kier molecular flexibility index (Phi) is 5.04. The molecule has 0 aliphatic carbocycles. The molecule has 1 atom stereocenters. The molecule has 8 nitrogen and oxygen atoms in total. The Morgan fingerprint density at radius 1 is 1.17 bits per heavy atom. The lowest BCUT2D eigenvalue weighted by Gasteiger charge is -2.32. The molecule has 1 fully saturated rings. The van der Waals surface area contributed by atoms with Crippen LogP contribution in [0.25, 0.3) is 10.8 Å². The molecule has 1 aliphatic heterocycles. The van der Waals surface area contributed by atoms with Crippen LogP contribution in [0, 0.1) is 0 Å². The second-order valence-electron chi connectivity index (χ2n) is 6.81. The van der Waals surface area contributed by atoms with Gasteiger partial charge in [0.1, 0.15) is 23.1 Å². The second-order valence-corrected chi connectivity index (χ2v) is 7.64. The molecule has 9 heteroatoms. The van der Waals surface area contributed by atoms with Crippen LogP contribution >= 0.6 is 11.3 Å². The Hall–Kier alpha value is -3.43. The zero-order valence-corrected chi connectivity index (χ0v) is 16.7. The molecule has 4 aromatic rings. The third kappa shape index (κ3) is 3.72. The van der Waals surface area contributed by atoms with Crippen molar-refractivity contribution in [3.05, 3.63) is 71.6 Å². The number of anilines is 2. The molecule has 4 heterocycles. The highest BCUT2D eigenvalue weighted by Gasteiger charge is 2.28. The lowest BCUT2D eigenvalue weighted by molar-refractivity contribution is -0.0247. The van der Waals surface area contributed by atoms with E-state index in [0.29, 0.717) is 36.3 Å². The smallest absolute Gasteiger partial charge is 0.273 e. The Bertz CT molecular complexity index is 1180. The van der Waals surface area contributed by atoms with Gasteiger partial charge in [0.2, 0.25) is 5.13 Å². The zero-order chi connectivity index (χ0) is 20.3. The molecular formula is C21H18N6O2S. The van der Waals surface area contributed by atoms with Crippen molar-refractivity contribution in [2.24, 2.45) is 0 Å². The van der Waals surface area contributed by atoms with Gasteiger partial charge in [-0.1, -0.05) is 41.7 Å². The van der Waals surface area contributed by atoms with Crippen molar-refractivity contribution in [3.8, 4) is 0 Å². The predicted molar refractivity (Wildman–Crippen MR) is 114 cm³/mol. The quantitative estimate of drug-likeness (QED) is 0.543. The van der Waals surface area contributed by atoms with Gasteiger partial charge >= 0.3 is 0 Å². The number of nitrogens with one attached hydrogen (secondary N) is 1. The third-order valence-electron chi connectivity index (χ3n) is 4.93. The maximum Gasteiger partial charge on any atom is 0.273 e. The molecule has 1 N–H and O–H groups in total. The van der Waals surface area contributed by atoms with E-state index in [-0.39, 0.29) is 12.0 Å². The third-order valence-corrected chi connectivity index (χ3v) is 5.53. The molecule has 3 aromatic heterocycles. The van der Waals surface area contributed by atoms with E-state index in [0.717, 1.165) is 16.5 Å². The molecule has 0 spiro atoms. The van der Waals surface area contributed by atoms with Gasteiger partial charge in [0.25, 0.3) is 5.91 Å². The van der Waals surface area contributed by atoms with Crippen LogP contribution in [0.4, 0.5) is 10.9 Å². The standard InChI is InChI=1S/C21H18N6O2S/c28-20(19-15-5-2-1-4-14(15)8-9-22-19)27-10-11-29-17(12-27)16-6-3-7-18(24-16)25-21-26-23-13-30-21/h1-9,13,17H,10-12H2,(H,24,25,26). The number of nitrogens with zero attached hydrogens (tertiary/aromatic N) is 5. The van der Waals surface area contributed by atoms with E-state index < -0.39 is 0 Å². The molecule has 1 aromatic carbocycles. The van der Waals surface area contributed by atoms with Gasteiger partial charge < -0.3 is 15.0 Å². The Balaban J connectivity index is 1.36. The summed E-state index contributed by atoms with van der Waals surface area (Å²) in [6, 6.07) is 15.4. The fraction of sp³-hybridized carbons (Fsp3) is 0.190. The summed E-state index contributed by atoms with van der Waals surface area (Å²) in [6.45, 7) is 1.37. The largest absolute Gasteiger partial charge is 0.368 e. The molecule has 1 aliphatic rings. The van der Waals surface area contributed by atoms with E-state index in [2.05, 4.69) is 25.5 Å². The van der Waals surface area contributed by atoms with Crippen molar-refractivity contribution in [2.45, 2.75) is 6.10 Å². The first-order valence-corrected chi connectivity index (χ1v) is 10.4. The van der Waals surface area contributed by atoms with Gasteiger partial charge in [-0.25, -0.2) is 4.98 Å². The minimum absolute atomic E-state index is 0.0942. The Labute approximate surface area is 176 Å². The van der Waals surface area contributed by atoms with Gasteiger partial charge in [-0.2, -0.15) is 0 Å². The van der Waals surface area contributed by atoms with Crippen LogP contribution in [-0.2, 0) is 4.74 Å². The van der Waals surface area contributed by atoms with Crippen LogP contribution < -0.4 is 5.32 Å². The summed E-state index contributed by atoms with van der Waals surface area (Å²) < 4.78 is 5.93. The van der Waals surface area contributed by atoms with Crippen LogP contribution in [0.15, 0.2) is 60.2 Å². The number of aromatic nitrogens is 4. The normalized spacial score (nSPS) is 16.5. The molecule has 1 saturated heterocycles. The van der Waals surface area contributed by atoms with Gasteiger partial charge in [-0.3, -0.25) is 9.78 Å². The number of carbonyl (C=O) groups excluding carboxylic acids is 1. The van der Waals surface area contributed by atoms with Gasteiger partial charge in [-0.15, -0.1) is 10.2 Å². The number of carbonyl (C=O) groups is 1. The first-order valence-electron chi connectivity index (χ1n) is 9.53. The van der Waals surface area contributed by atoms with Crippen LogP contribution in [0.1, 0.15) is 22.3 Å². The molecule has 1 amide bonds. The van der Waals surface area contributed by atoms with Crippen LogP contribution in [0.5, 0.6) is 0 Å². The Morgan fingerprint density at radius 3 is 3.00 bits per heavy atom. The minimum Gasteiger partial charge on any atom is -0.368 e. The first-order chi connectivity index (χ1) is 14.8. The fourth-order valence-electron chi connectivity index (χ4n) is 3.49. The van der Waals surface area contributed by atoms with Crippen molar-refractivity contribution in [1.82, 2.24) is 25.1 Å². The number of amides is 1. The highest BCUT2D eigenvalue weighted by molar-refractivity contribution is 7.13. The van der Waals surface area contributed by atoms with Gasteiger partial charge in [0, 0.05) is 18.1 Å². The maximum atomic E-state index is 13.2. The van der Waals surface area contributed by atoms with Crippen molar-refractivity contribution >= 4 is 39.0 Å². The van der Waals surface area contributed by atoms with Crippen LogP contribution in [-0.4, -0.2) is 50.7 Å². The van der Waals surface area contributed by atoms with Crippen molar-refractivity contribution in [3.63, 3.8) is 0 Å². The number of morpholine rings is 1. The number of hydrogen-bond acceptors (Lipinski definition) is 8. The molecule has 0 bridgehead atoms. The van der Waals surface area contributed by atoms with Crippen LogP contribution in [0.3, 0.4) is 0 Å². The number of rotatable bonds is 4. The SMILES string of the molecule is O=C(c1nccc2ccccc12)N1CCOC(c2cccc(Nc3nncs3)n2)C1. The summed E-state index contributed by atoms with van der Waals surface area (Å²) in [6.07, 6.45) is 1.37. The summed E-state index contributed by atoms with van der Waals surface area (Å²) >= 11 is 1.40. The second kappa shape index (κ2) is 8.13. The summed E-state index contributed by atoms with van der Waals surface area (Å²) in [5.74, 6) is 0.565. The van der Waals surface area contributed by atoms with E-state index in [1.165, 1.54) is 11.3 Å². The van der Waals surface area contributed by atoms with Gasteiger partial charge in [0.15, 0.2) is 0 Å². The minimum atomic E-state index is -0.311. The fourth-order valence-corrected chi connectivity index (χ4v) is 3.94. The van der Waals surface area contributed by atoms with E-state index in [1.807, 2.05) is 48.5 Å². The zero-order valence-electron chi connectivity index (χ0n) is 15.9. The van der Waals surface area contributed by atoms with Crippen molar-refractivity contribution in [1.29, 1.82) is 0 Å². The number of fused-ring (bicyclic) bond motifs is 1. The maximum absolute atomic E-state index is 13.2. The van der Waals surface area contributed by atoms with E-state index in [9.17, 15) is 4.79 Å². The lowest BCUT2D eigenvalue weighted by atomic mass is 10.1. The summed E-state index contributed by atoms with van der Waals surface area (Å²) in [5, 5.41) is 13.4. The number of pyridine rings is 2. The van der Waals surface area contributed by atoms with Crippen molar-refractivity contribution in [2.75, 3.05) is 25.0 Å². The molecule has 0 saturated carbocycles. The highest BCUT2D eigenvalue weighted by atomic mass is 32.1. The molecule has 5 rings (SSSR count). The van der Waals surface area contributed by atoms with Gasteiger partial charge in [0.05, 0.1) is 18.8 Å². The average Bonchev–Trinajstić information content (AvgIpc) is 3.31. The molecule has 150 valence electrons. The molecule has 30 heavy (non-hydrogen) atoms. The molecule has 1 unspecified atom stereocenters. The van der Waals surface area contributed by atoms with E-state index in [1.54, 1.807) is 16.6 Å². The molecule has 0 radical (unpaired) electrons. The summed E-state index contributed by atoms with van der Waals surface area (Å²) in [7, 11) is 0. The topological polar surface area (TPSA) is 93.1 Å². The molecular weight excluding hydrogens is 400 g/mol. The van der Waals surface area contributed by atoms with Gasteiger partial charge in [-0.05, 0) is 23.6 Å².